The lowest BCUT2D eigenvalue weighted by molar-refractivity contribution is -0.144. The van der Waals surface area contributed by atoms with E-state index >= 15 is 0 Å². The number of esters is 1. The van der Waals surface area contributed by atoms with Crippen molar-refractivity contribution in [1.29, 1.82) is 0 Å². The summed E-state index contributed by atoms with van der Waals surface area (Å²) in [7, 11) is 2.96. The fourth-order valence-corrected chi connectivity index (χ4v) is 2.47. The molecule has 0 spiro atoms. The summed E-state index contributed by atoms with van der Waals surface area (Å²) in [6.07, 6.45) is 0. The third kappa shape index (κ3) is 5.28. The summed E-state index contributed by atoms with van der Waals surface area (Å²) in [5.41, 5.74) is 0.331. The topological polar surface area (TPSA) is 71.1 Å². The van der Waals surface area contributed by atoms with Crippen molar-refractivity contribution >= 4 is 35.0 Å². The Hall–Kier alpha value is -2.44. The number of ether oxygens (including phenoxy) is 4. The largest absolute Gasteiger partial charge is 0.493 e. The zero-order valence-electron chi connectivity index (χ0n) is 14.1. The van der Waals surface area contributed by atoms with Gasteiger partial charge in [-0.05, 0) is 36.4 Å². The third-order valence-corrected chi connectivity index (χ3v) is 3.84. The van der Waals surface area contributed by atoms with Crippen LogP contribution in [0.15, 0.2) is 36.4 Å². The Morgan fingerprint density at radius 3 is 2.23 bits per heavy atom. The van der Waals surface area contributed by atoms with Gasteiger partial charge in [0.25, 0.3) is 0 Å². The molecule has 2 rings (SSSR count). The van der Waals surface area contributed by atoms with E-state index < -0.39 is 12.6 Å². The van der Waals surface area contributed by atoms with Crippen molar-refractivity contribution in [3.8, 4) is 17.2 Å². The van der Waals surface area contributed by atoms with Crippen molar-refractivity contribution in [1.82, 2.24) is 0 Å². The summed E-state index contributed by atoms with van der Waals surface area (Å²) < 4.78 is 20.4. The zero-order valence-corrected chi connectivity index (χ0v) is 15.6. The number of Topliss-reactive ketones (excluding diaryl/α,β-unsaturated/α-hetero) is 1. The van der Waals surface area contributed by atoms with E-state index in [0.29, 0.717) is 27.8 Å². The van der Waals surface area contributed by atoms with Crippen LogP contribution in [-0.4, -0.2) is 39.2 Å². The van der Waals surface area contributed by atoms with Crippen molar-refractivity contribution in [2.24, 2.45) is 0 Å². The van der Waals surface area contributed by atoms with Gasteiger partial charge in [0, 0.05) is 10.6 Å². The summed E-state index contributed by atoms with van der Waals surface area (Å²) in [5, 5.41) is 0.720. The molecule has 0 aliphatic carbocycles. The monoisotopic (exact) mass is 398 g/mol. The Balaban J connectivity index is 1.87. The van der Waals surface area contributed by atoms with E-state index in [2.05, 4.69) is 0 Å². The van der Waals surface area contributed by atoms with Crippen LogP contribution >= 0.6 is 23.2 Å². The van der Waals surface area contributed by atoms with Crippen LogP contribution in [0.25, 0.3) is 0 Å². The molecule has 0 aliphatic rings. The lowest BCUT2D eigenvalue weighted by atomic mass is 10.1. The highest BCUT2D eigenvalue weighted by Gasteiger charge is 2.14. The molecule has 6 nitrogen and oxygen atoms in total. The Kier molecular flexibility index (Phi) is 7.12. The minimum atomic E-state index is -0.704. The normalized spacial score (nSPS) is 10.2. The average Bonchev–Trinajstić information content (AvgIpc) is 2.64. The van der Waals surface area contributed by atoms with Gasteiger partial charge in [-0.1, -0.05) is 23.2 Å². The van der Waals surface area contributed by atoms with Gasteiger partial charge in [-0.3, -0.25) is 4.79 Å². The number of rotatable bonds is 8. The third-order valence-electron chi connectivity index (χ3n) is 3.31. The number of benzene rings is 2. The second-order valence-corrected chi connectivity index (χ2v) is 5.86. The SMILES string of the molecule is COc1ccc(C(=O)COC(=O)COc2ccc(Cl)cc2Cl)cc1OC. The quantitative estimate of drug-likeness (QED) is 0.497. The Morgan fingerprint density at radius 1 is 0.885 bits per heavy atom. The number of halogens is 2. The first kappa shape index (κ1) is 19.9. The van der Waals surface area contributed by atoms with Gasteiger partial charge in [-0.25, -0.2) is 4.79 Å². The number of methoxy groups -OCH3 is 2. The summed E-state index contributed by atoms with van der Waals surface area (Å²) in [6.45, 7) is -0.813. The highest BCUT2D eigenvalue weighted by molar-refractivity contribution is 6.35. The van der Waals surface area contributed by atoms with Crippen molar-refractivity contribution in [2.75, 3.05) is 27.4 Å². The van der Waals surface area contributed by atoms with Gasteiger partial charge in [0.2, 0.25) is 0 Å². The summed E-state index contributed by atoms with van der Waals surface area (Å²) >= 11 is 11.7. The number of hydrogen-bond donors (Lipinski definition) is 0. The van der Waals surface area contributed by atoms with Gasteiger partial charge >= 0.3 is 5.97 Å². The minimum absolute atomic E-state index is 0.270. The van der Waals surface area contributed by atoms with E-state index in [9.17, 15) is 9.59 Å². The fourth-order valence-electron chi connectivity index (χ4n) is 2.01. The van der Waals surface area contributed by atoms with Gasteiger partial charge in [-0.2, -0.15) is 0 Å². The van der Waals surface area contributed by atoms with Crippen LogP contribution in [0.4, 0.5) is 0 Å². The molecular formula is C18H16Cl2O6. The first-order chi connectivity index (χ1) is 12.4. The lowest BCUT2D eigenvalue weighted by Gasteiger charge is -2.10. The number of carbonyl (C=O) groups excluding carboxylic acids is 2. The van der Waals surface area contributed by atoms with Crippen LogP contribution in [-0.2, 0) is 9.53 Å². The summed E-state index contributed by atoms with van der Waals surface area (Å²) in [5.74, 6) is 0.104. The van der Waals surface area contributed by atoms with Crippen LogP contribution in [0.3, 0.4) is 0 Å². The van der Waals surface area contributed by atoms with Gasteiger partial charge in [0.05, 0.1) is 19.2 Å². The molecule has 0 aromatic heterocycles. The fraction of sp³-hybridized carbons (Fsp3) is 0.222. The van der Waals surface area contributed by atoms with E-state index in [1.807, 2.05) is 0 Å². The Labute approximate surface area is 160 Å². The standard InChI is InChI=1S/C18H16Cl2O6/c1-23-16-5-3-11(7-17(16)24-2)14(21)9-26-18(22)10-25-15-6-4-12(19)8-13(15)20/h3-8H,9-10H2,1-2H3. The lowest BCUT2D eigenvalue weighted by Crippen LogP contribution is -2.19. The van der Waals surface area contributed by atoms with E-state index in [-0.39, 0.29) is 17.4 Å². The van der Waals surface area contributed by atoms with Crippen molar-refractivity contribution < 1.29 is 28.5 Å². The molecule has 0 amide bonds. The molecule has 0 aliphatic heterocycles. The number of hydrogen-bond acceptors (Lipinski definition) is 6. The highest BCUT2D eigenvalue weighted by atomic mass is 35.5. The minimum Gasteiger partial charge on any atom is -0.493 e. The first-order valence-corrected chi connectivity index (χ1v) is 8.19. The molecule has 2 aromatic carbocycles. The van der Waals surface area contributed by atoms with Gasteiger partial charge in [-0.15, -0.1) is 0 Å². The van der Waals surface area contributed by atoms with Gasteiger partial charge < -0.3 is 18.9 Å². The molecule has 0 radical (unpaired) electrons. The van der Waals surface area contributed by atoms with Crippen LogP contribution in [0.2, 0.25) is 10.0 Å². The molecule has 0 bridgehead atoms. The molecule has 0 fully saturated rings. The summed E-state index contributed by atoms with van der Waals surface area (Å²) in [4.78, 5) is 23.9. The van der Waals surface area contributed by atoms with Crippen LogP contribution in [0.1, 0.15) is 10.4 Å². The van der Waals surface area contributed by atoms with Crippen molar-refractivity contribution in [2.45, 2.75) is 0 Å². The maximum absolute atomic E-state index is 12.1. The molecule has 8 heteroatoms. The molecule has 138 valence electrons. The summed E-state index contributed by atoms with van der Waals surface area (Å²) in [6, 6.07) is 9.27. The zero-order chi connectivity index (χ0) is 19.1. The average molecular weight is 399 g/mol. The van der Waals surface area contributed by atoms with Crippen LogP contribution in [0.5, 0.6) is 17.2 Å². The molecule has 2 aromatic rings. The molecule has 26 heavy (non-hydrogen) atoms. The maximum Gasteiger partial charge on any atom is 0.344 e. The molecule has 0 unspecified atom stereocenters. The highest BCUT2D eigenvalue weighted by Crippen LogP contribution is 2.28. The van der Waals surface area contributed by atoms with Crippen LogP contribution < -0.4 is 14.2 Å². The van der Waals surface area contributed by atoms with Crippen LogP contribution in [0, 0.1) is 0 Å². The predicted molar refractivity (Wildman–Crippen MR) is 96.8 cm³/mol. The van der Waals surface area contributed by atoms with E-state index in [1.54, 1.807) is 18.2 Å². The van der Waals surface area contributed by atoms with E-state index in [1.165, 1.54) is 32.4 Å². The second-order valence-electron chi connectivity index (χ2n) is 5.02. The Morgan fingerprint density at radius 2 is 1.58 bits per heavy atom. The van der Waals surface area contributed by atoms with Gasteiger partial charge in [0.1, 0.15) is 5.75 Å². The molecular weight excluding hydrogens is 383 g/mol. The van der Waals surface area contributed by atoms with Crippen molar-refractivity contribution in [3.63, 3.8) is 0 Å². The van der Waals surface area contributed by atoms with E-state index in [0.717, 1.165) is 0 Å². The molecule has 0 saturated heterocycles. The van der Waals surface area contributed by atoms with Gasteiger partial charge in [0.15, 0.2) is 30.5 Å². The van der Waals surface area contributed by atoms with E-state index in [4.69, 9.17) is 42.1 Å². The maximum atomic E-state index is 12.1. The Bertz CT molecular complexity index is 806. The predicted octanol–water partition coefficient (Wildman–Crippen LogP) is 3.82. The molecule has 0 N–H and O–H groups in total. The number of ketones is 1. The molecule has 0 heterocycles. The first-order valence-electron chi connectivity index (χ1n) is 7.43. The molecule has 0 saturated carbocycles. The smallest absolute Gasteiger partial charge is 0.344 e. The second kappa shape index (κ2) is 9.31. The number of carbonyl (C=O) groups is 2. The molecule has 0 atom stereocenters. The van der Waals surface area contributed by atoms with Crippen molar-refractivity contribution in [3.05, 3.63) is 52.0 Å².